The quantitative estimate of drug-likeness (QED) is 0.910. The minimum absolute atomic E-state index is 0.431. The highest BCUT2D eigenvalue weighted by atomic mass is 32.1. The molecule has 100 valence electrons. The van der Waals surface area contributed by atoms with Gasteiger partial charge in [-0.25, -0.2) is 4.79 Å². The van der Waals surface area contributed by atoms with Crippen molar-refractivity contribution in [2.45, 2.75) is 32.5 Å². The van der Waals surface area contributed by atoms with Gasteiger partial charge in [0.2, 0.25) is 0 Å². The van der Waals surface area contributed by atoms with E-state index >= 15 is 0 Å². The Kier molecular flexibility index (Phi) is 4.04. The van der Waals surface area contributed by atoms with Crippen LogP contribution < -0.4 is 0 Å². The van der Waals surface area contributed by atoms with Crippen LogP contribution in [0.3, 0.4) is 0 Å². The standard InChI is InChI=1S/C13H20N2O2S/c1-9-6-15(7-10(2)14(9)3)8-11-4-5-12(18-11)13(16)17/h4-5,9-10H,6-8H2,1-3H3,(H,16,17). The molecule has 0 aliphatic carbocycles. The maximum atomic E-state index is 10.8. The summed E-state index contributed by atoms with van der Waals surface area (Å²) in [6.45, 7) is 7.42. The van der Waals surface area contributed by atoms with Crippen LogP contribution in [0.15, 0.2) is 12.1 Å². The van der Waals surface area contributed by atoms with E-state index in [-0.39, 0.29) is 0 Å². The van der Waals surface area contributed by atoms with Gasteiger partial charge in [-0.2, -0.15) is 0 Å². The van der Waals surface area contributed by atoms with Gasteiger partial charge in [0.25, 0.3) is 0 Å². The van der Waals surface area contributed by atoms with Crippen molar-refractivity contribution in [3.05, 3.63) is 21.9 Å². The van der Waals surface area contributed by atoms with Crippen molar-refractivity contribution in [3.8, 4) is 0 Å². The second-order valence-electron chi connectivity index (χ2n) is 5.13. The molecule has 0 amide bonds. The summed E-state index contributed by atoms with van der Waals surface area (Å²) in [4.78, 5) is 17.2. The van der Waals surface area contributed by atoms with E-state index in [9.17, 15) is 4.79 Å². The van der Waals surface area contributed by atoms with E-state index in [1.54, 1.807) is 6.07 Å². The van der Waals surface area contributed by atoms with Crippen LogP contribution in [0.4, 0.5) is 0 Å². The molecule has 0 spiro atoms. The summed E-state index contributed by atoms with van der Waals surface area (Å²) < 4.78 is 0. The van der Waals surface area contributed by atoms with E-state index in [4.69, 9.17) is 5.11 Å². The van der Waals surface area contributed by atoms with Gasteiger partial charge in [-0.15, -0.1) is 11.3 Å². The summed E-state index contributed by atoms with van der Waals surface area (Å²) in [5.74, 6) is -0.827. The lowest BCUT2D eigenvalue weighted by atomic mass is 10.1. The number of rotatable bonds is 3. The maximum Gasteiger partial charge on any atom is 0.345 e. The number of likely N-dealkylation sites (N-methyl/N-ethyl adjacent to an activating group) is 1. The SMILES string of the molecule is CC1CN(Cc2ccc(C(=O)O)s2)CC(C)N1C. The number of nitrogens with zero attached hydrogens (tertiary/aromatic N) is 2. The molecule has 2 unspecified atom stereocenters. The van der Waals surface area contributed by atoms with Crippen molar-refractivity contribution in [1.29, 1.82) is 0 Å². The molecule has 1 aromatic rings. The molecule has 0 saturated carbocycles. The van der Waals surface area contributed by atoms with Crippen LogP contribution in [-0.2, 0) is 6.54 Å². The predicted molar refractivity (Wildman–Crippen MR) is 73.2 cm³/mol. The van der Waals surface area contributed by atoms with Gasteiger partial charge in [0.15, 0.2) is 0 Å². The molecule has 1 aliphatic rings. The average molecular weight is 268 g/mol. The van der Waals surface area contributed by atoms with E-state index in [1.165, 1.54) is 11.3 Å². The molecular formula is C13H20N2O2S. The Morgan fingerprint density at radius 3 is 2.50 bits per heavy atom. The van der Waals surface area contributed by atoms with Crippen molar-refractivity contribution < 1.29 is 9.90 Å². The number of aromatic carboxylic acids is 1. The molecule has 1 saturated heterocycles. The Hall–Kier alpha value is -0.910. The second-order valence-corrected chi connectivity index (χ2v) is 6.30. The minimum atomic E-state index is -0.827. The van der Waals surface area contributed by atoms with Crippen molar-refractivity contribution >= 4 is 17.3 Å². The summed E-state index contributed by atoms with van der Waals surface area (Å²) in [7, 11) is 2.17. The molecule has 2 atom stereocenters. The summed E-state index contributed by atoms with van der Waals surface area (Å²) in [5, 5.41) is 8.91. The summed E-state index contributed by atoms with van der Waals surface area (Å²) in [5.41, 5.74) is 0. The van der Waals surface area contributed by atoms with Crippen LogP contribution in [0.25, 0.3) is 0 Å². The van der Waals surface area contributed by atoms with E-state index in [2.05, 4.69) is 30.7 Å². The topological polar surface area (TPSA) is 43.8 Å². The molecule has 4 nitrogen and oxygen atoms in total. The Morgan fingerprint density at radius 2 is 2.00 bits per heavy atom. The summed E-state index contributed by atoms with van der Waals surface area (Å²) in [6, 6.07) is 4.73. The third-order valence-corrected chi connectivity index (χ3v) is 4.75. The average Bonchev–Trinajstić information content (AvgIpc) is 2.74. The fourth-order valence-corrected chi connectivity index (χ4v) is 3.33. The molecule has 1 aromatic heterocycles. The third kappa shape index (κ3) is 2.91. The second kappa shape index (κ2) is 5.38. The fourth-order valence-electron chi connectivity index (χ4n) is 2.44. The number of thiophene rings is 1. The Bertz CT molecular complexity index is 420. The van der Waals surface area contributed by atoms with Crippen LogP contribution in [0.5, 0.6) is 0 Å². The van der Waals surface area contributed by atoms with E-state index in [1.807, 2.05) is 6.07 Å². The van der Waals surface area contributed by atoms with Gasteiger partial charge in [-0.05, 0) is 33.0 Å². The lowest BCUT2D eigenvalue weighted by Gasteiger charge is -2.42. The number of piperazine rings is 1. The van der Waals surface area contributed by atoms with Crippen molar-refractivity contribution in [1.82, 2.24) is 9.80 Å². The highest BCUT2D eigenvalue weighted by Crippen LogP contribution is 2.21. The highest BCUT2D eigenvalue weighted by molar-refractivity contribution is 7.13. The molecule has 1 fully saturated rings. The molecule has 1 N–H and O–H groups in total. The van der Waals surface area contributed by atoms with Gasteiger partial charge in [0.05, 0.1) is 0 Å². The molecule has 2 rings (SSSR count). The molecule has 1 aliphatic heterocycles. The molecular weight excluding hydrogens is 248 g/mol. The van der Waals surface area contributed by atoms with E-state index < -0.39 is 5.97 Å². The minimum Gasteiger partial charge on any atom is -0.477 e. The van der Waals surface area contributed by atoms with Gasteiger partial charge >= 0.3 is 5.97 Å². The molecule has 2 heterocycles. The van der Waals surface area contributed by atoms with Crippen LogP contribution in [-0.4, -0.2) is 53.1 Å². The van der Waals surface area contributed by atoms with Crippen LogP contribution in [0.1, 0.15) is 28.4 Å². The first-order valence-corrected chi connectivity index (χ1v) is 7.05. The first kappa shape index (κ1) is 13.5. The normalized spacial score (nSPS) is 26.4. The van der Waals surface area contributed by atoms with Gasteiger partial charge in [-0.3, -0.25) is 9.80 Å². The number of carboxylic acids is 1. The number of hydrogen-bond donors (Lipinski definition) is 1. The third-order valence-electron chi connectivity index (χ3n) is 3.69. The summed E-state index contributed by atoms with van der Waals surface area (Å²) in [6.07, 6.45) is 0. The molecule has 18 heavy (non-hydrogen) atoms. The largest absolute Gasteiger partial charge is 0.477 e. The van der Waals surface area contributed by atoms with Crippen molar-refractivity contribution in [2.24, 2.45) is 0 Å². The predicted octanol–water partition coefficient (Wildman–Crippen LogP) is 1.97. The van der Waals surface area contributed by atoms with Gasteiger partial charge in [0.1, 0.15) is 4.88 Å². The van der Waals surface area contributed by atoms with E-state index in [0.29, 0.717) is 17.0 Å². The number of hydrogen-bond acceptors (Lipinski definition) is 4. The molecule has 0 bridgehead atoms. The van der Waals surface area contributed by atoms with Crippen LogP contribution >= 0.6 is 11.3 Å². The summed E-state index contributed by atoms with van der Waals surface area (Å²) >= 11 is 1.38. The van der Waals surface area contributed by atoms with Crippen LogP contribution in [0.2, 0.25) is 0 Å². The first-order chi connectivity index (χ1) is 8.47. The van der Waals surface area contributed by atoms with Crippen molar-refractivity contribution in [3.63, 3.8) is 0 Å². The van der Waals surface area contributed by atoms with E-state index in [0.717, 1.165) is 24.5 Å². The lowest BCUT2D eigenvalue weighted by molar-refractivity contribution is 0.0562. The molecule has 0 radical (unpaired) electrons. The zero-order valence-corrected chi connectivity index (χ0v) is 11.9. The Balaban J connectivity index is 1.99. The zero-order valence-electron chi connectivity index (χ0n) is 11.1. The Labute approximate surface area is 112 Å². The van der Waals surface area contributed by atoms with Gasteiger partial charge < -0.3 is 5.11 Å². The highest BCUT2D eigenvalue weighted by Gasteiger charge is 2.26. The number of carbonyl (C=O) groups is 1. The first-order valence-electron chi connectivity index (χ1n) is 6.23. The maximum absolute atomic E-state index is 10.8. The fraction of sp³-hybridized carbons (Fsp3) is 0.615. The van der Waals surface area contributed by atoms with Gasteiger partial charge in [0, 0.05) is 36.6 Å². The smallest absolute Gasteiger partial charge is 0.345 e. The van der Waals surface area contributed by atoms with Gasteiger partial charge in [-0.1, -0.05) is 0 Å². The van der Waals surface area contributed by atoms with Crippen LogP contribution in [0, 0.1) is 0 Å². The molecule has 0 aromatic carbocycles. The number of carboxylic acid groups (broad SMARTS) is 1. The van der Waals surface area contributed by atoms with Crippen molar-refractivity contribution in [2.75, 3.05) is 20.1 Å². The zero-order chi connectivity index (χ0) is 13.3. The monoisotopic (exact) mass is 268 g/mol. The Morgan fingerprint density at radius 1 is 1.39 bits per heavy atom. The molecule has 5 heteroatoms. The lowest BCUT2D eigenvalue weighted by Crippen LogP contribution is -2.54.